The van der Waals surface area contributed by atoms with E-state index in [0.29, 0.717) is 0 Å². The maximum absolute atomic E-state index is 5.45. The average molecular weight is 429 g/mol. The summed E-state index contributed by atoms with van der Waals surface area (Å²) in [5.41, 5.74) is 1.12. The van der Waals surface area contributed by atoms with E-state index in [1.807, 2.05) is 4.52 Å². The number of aromatic nitrogens is 5. The summed E-state index contributed by atoms with van der Waals surface area (Å²) >= 11 is 1.66. The van der Waals surface area contributed by atoms with E-state index in [2.05, 4.69) is 57.7 Å². The van der Waals surface area contributed by atoms with Gasteiger partial charge in [-0.05, 0) is 0 Å². The Kier molecular flexibility index (Phi) is 4.98. The van der Waals surface area contributed by atoms with Crippen LogP contribution in [0.1, 0.15) is 26.5 Å². The molecule has 5 heterocycles. The molecule has 2 aliphatic rings. The second kappa shape index (κ2) is 7.66. The Morgan fingerprint density at radius 2 is 1.53 bits per heavy atom. The molecule has 2 aliphatic heterocycles. The van der Waals surface area contributed by atoms with Gasteiger partial charge in [-0.1, -0.05) is 32.1 Å². The summed E-state index contributed by atoms with van der Waals surface area (Å²) in [7, 11) is 0. The molecule has 0 bridgehead atoms. The Balaban J connectivity index is 1.25. The Morgan fingerprint density at radius 3 is 2.17 bits per heavy atom. The SMILES string of the molecule is CC(C)(C)c1cn2nc(N3CCN(c4cc(N5CCOCC5)ncn4)CC3)sc2n1. The molecule has 2 saturated heterocycles. The van der Waals surface area contributed by atoms with Gasteiger partial charge in [0.25, 0.3) is 0 Å². The predicted octanol–water partition coefficient (Wildman–Crippen LogP) is 2.04. The largest absolute Gasteiger partial charge is 0.378 e. The van der Waals surface area contributed by atoms with Crippen molar-refractivity contribution in [3.8, 4) is 0 Å². The molecule has 10 heteroatoms. The van der Waals surface area contributed by atoms with E-state index in [1.54, 1.807) is 17.7 Å². The van der Waals surface area contributed by atoms with Gasteiger partial charge in [-0.2, -0.15) is 0 Å². The molecule has 0 unspecified atom stereocenters. The van der Waals surface area contributed by atoms with Crippen LogP contribution in [-0.2, 0) is 10.2 Å². The molecule has 0 spiro atoms. The van der Waals surface area contributed by atoms with Gasteiger partial charge in [0, 0.05) is 50.7 Å². The molecule has 0 amide bonds. The number of nitrogens with zero attached hydrogens (tertiary/aromatic N) is 8. The summed E-state index contributed by atoms with van der Waals surface area (Å²) in [5.74, 6) is 1.98. The van der Waals surface area contributed by atoms with Crippen LogP contribution in [0.2, 0.25) is 0 Å². The number of morpholine rings is 1. The molecule has 30 heavy (non-hydrogen) atoms. The van der Waals surface area contributed by atoms with E-state index in [0.717, 1.165) is 79.9 Å². The first-order chi connectivity index (χ1) is 14.5. The molecule has 2 fully saturated rings. The van der Waals surface area contributed by atoms with Gasteiger partial charge in [0.2, 0.25) is 10.1 Å². The lowest BCUT2D eigenvalue weighted by molar-refractivity contribution is 0.122. The van der Waals surface area contributed by atoms with E-state index in [4.69, 9.17) is 14.8 Å². The lowest BCUT2D eigenvalue weighted by Gasteiger charge is -2.35. The maximum Gasteiger partial charge on any atom is 0.214 e. The van der Waals surface area contributed by atoms with Crippen LogP contribution < -0.4 is 14.7 Å². The zero-order valence-corrected chi connectivity index (χ0v) is 18.6. The van der Waals surface area contributed by atoms with Crippen LogP contribution in [0.3, 0.4) is 0 Å². The van der Waals surface area contributed by atoms with Gasteiger partial charge in [-0.3, -0.25) is 0 Å². The molecule has 5 rings (SSSR count). The first-order valence-electron chi connectivity index (χ1n) is 10.5. The maximum atomic E-state index is 5.45. The van der Waals surface area contributed by atoms with Gasteiger partial charge < -0.3 is 19.4 Å². The Morgan fingerprint density at radius 1 is 0.900 bits per heavy atom. The summed E-state index contributed by atoms with van der Waals surface area (Å²) in [6.45, 7) is 13.5. The highest BCUT2D eigenvalue weighted by Crippen LogP contribution is 2.28. The summed E-state index contributed by atoms with van der Waals surface area (Å²) < 4.78 is 7.37. The van der Waals surface area contributed by atoms with Crippen molar-refractivity contribution >= 4 is 33.1 Å². The molecular weight excluding hydrogens is 400 g/mol. The van der Waals surface area contributed by atoms with Gasteiger partial charge in [0.05, 0.1) is 25.1 Å². The fourth-order valence-corrected chi connectivity index (χ4v) is 4.72. The molecule has 0 aromatic carbocycles. The molecule has 0 atom stereocenters. The van der Waals surface area contributed by atoms with E-state index in [9.17, 15) is 0 Å². The van der Waals surface area contributed by atoms with Gasteiger partial charge in [-0.25, -0.2) is 19.5 Å². The highest BCUT2D eigenvalue weighted by Gasteiger charge is 2.24. The topological polar surface area (TPSA) is 74.9 Å². The van der Waals surface area contributed by atoms with Crippen molar-refractivity contribution in [2.45, 2.75) is 26.2 Å². The number of rotatable bonds is 3. The van der Waals surface area contributed by atoms with Crippen molar-refractivity contribution in [1.82, 2.24) is 24.6 Å². The lowest BCUT2D eigenvalue weighted by Crippen LogP contribution is -2.47. The summed E-state index contributed by atoms with van der Waals surface area (Å²) in [6.07, 6.45) is 3.73. The summed E-state index contributed by atoms with van der Waals surface area (Å²) in [5, 5.41) is 5.82. The second-order valence-corrected chi connectivity index (χ2v) is 9.73. The van der Waals surface area contributed by atoms with Gasteiger partial charge in [-0.15, -0.1) is 5.10 Å². The molecule has 0 aliphatic carbocycles. The molecule has 0 radical (unpaired) electrons. The fraction of sp³-hybridized carbons (Fsp3) is 0.600. The number of hydrogen-bond donors (Lipinski definition) is 0. The van der Waals surface area contributed by atoms with Crippen LogP contribution >= 0.6 is 11.3 Å². The zero-order chi connectivity index (χ0) is 20.7. The highest BCUT2D eigenvalue weighted by molar-refractivity contribution is 7.20. The minimum Gasteiger partial charge on any atom is -0.378 e. The molecule has 0 N–H and O–H groups in total. The third-order valence-electron chi connectivity index (χ3n) is 5.65. The molecule has 3 aromatic heterocycles. The summed E-state index contributed by atoms with van der Waals surface area (Å²) in [4.78, 5) is 21.7. The Bertz CT molecular complexity index is 980. The third-order valence-corrected chi connectivity index (χ3v) is 6.63. The highest BCUT2D eigenvalue weighted by atomic mass is 32.1. The Hall–Kier alpha value is -2.46. The van der Waals surface area contributed by atoms with Crippen molar-refractivity contribution in [1.29, 1.82) is 0 Å². The molecule has 0 saturated carbocycles. The first kappa shape index (κ1) is 19.5. The van der Waals surface area contributed by atoms with Gasteiger partial charge in [0.15, 0.2) is 0 Å². The minimum absolute atomic E-state index is 0.0385. The van der Waals surface area contributed by atoms with Crippen LogP contribution in [0, 0.1) is 0 Å². The van der Waals surface area contributed by atoms with Crippen molar-refractivity contribution in [2.75, 3.05) is 67.2 Å². The molecule has 160 valence electrons. The quantitative estimate of drug-likeness (QED) is 0.627. The van der Waals surface area contributed by atoms with Crippen LogP contribution in [-0.4, -0.2) is 77.0 Å². The van der Waals surface area contributed by atoms with Crippen LogP contribution in [0.4, 0.5) is 16.8 Å². The standard InChI is InChI=1S/C20H28N8OS/c1-20(2,3)15-13-28-18(23-15)30-19(24-28)27-6-4-25(5-7-27)16-12-17(22-14-21-16)26-8-10-29-11-9-26/h12-14H,4-11H2,1-3H3. The predicted molar refractivity (Wildman–Crippen MR) is 119 cm³/mol. The fourth-order valence-electron chi connectivity index (χ4n) is 3.78. The van der Waals surface area contributed by atoms with E-state index < -0.39 is 0 Å². The molecular formula is C20H28N8OS. The minimum atomic E-state index is 0.0385. The smallest absolute Gasteiger partial charge is 0.214 e. The van der Waals surface area contributed by atoms with Crippen LogP contribution in [0.15, 0.2) is 18.6 Å². The van der Waals surface area contributed by atoms with E-state index in [1.165, 1.54) is 0 Å². The monoisotopic (exact) mass is 428 g/mol. The van der Waals surface area contributed by atoms with Gasteiger partial charge in [0.1, 0.15) is 18.0 Å². The van der Waals surface area contributed by atoms with Crippen molar-refractivity contribution in [3.05, 3.63) is 24.3 Å². The number of piperazine rings is 1. The number of fused-ring (bicyclic) bond motifs is 1. The van der Waals surface area contributed by atoms with Crippen LogP contribution in [0.25, 0.3) is 4.96 Å². The van der Waals surface area contributed by atoms with Crippen molar-refractivity contribution in [3.63, 3.8) is 0 Å². The van der Waals surface area contributed by atoms with E-state index >= 15 is 0 Å². The number of ether oxygens (including phenoxy) is 1. The molecule has 9 nitrogen and oxygen atoms in total. The lowest BCUT2D eigenvalue weighted by atomic mass is 9.93. The van der Waals surface area contributed by atoms with Crippen molar-refractivity contribution < 1.29 is 4.74 Å². The van der Waals surface area contributed by atoms with E-state index in [-0.39, 0.29) is 5.41 Å². The number of anilines is 3. The third kappa shape index (κ3) is 3.81. The second-order valence-electron chi connectivity index (χ2n) is 8.80. The van der Waals surface area contributed by atoms with Gasteiger partial charge >= 0.3 is 0 Å². The first-order valence-corrected chi connectivity index (χ1v) is 11.3. The van der Waals surface area contributed by atoms with Crippen LogP contribution in [0.5, 0.6) is 0 Å². The summed E-state index contributed by atoms with van der Waals surface area (Å²) in [6, 6.07) is 2.10. The number of hydrogen-bond acceptors (Lipinski definition) is 9. The average Bonchev–Trinajstić information content (AvgIpc) is 3.34. The van der Waals surface area contributed by atoms with Crippen molar-refractivity contribution in [2.24, 2.45) is 0 Å². The zero-order valence-electron chi connectivity index (χ0n) is 17.8. The Labute approximate surface area is 180 Å². The molecule has 3 aromatic rings. The number of imidazole rings is 1. The normalized spacial score (nSPS) is 18.4.